The van der Waals surface area contributed by atoms with Crippen LogP contribution in [0.4, 0.5) is 10.6 Å². The van der Waals surface area contributed by atoms with E-state index in [0.29, 0.717) is 19.0 Å². The molecule has 1 saturated carbocycles. The first kappa shape index (κ1) is 12.1. The van der Waals surface area contributed by atoms with E-state index in [2.05, 4.69) is 36.5 Å². The number of hydrogen-bond acceptors (Lipinski definition) is 4. The lowest BCUT2D eigenvalue weighted by Gasteiger charge is -2.07. The molecule has 2 amide bonds. The Balaban J connectivity index is 1.89. The second kappa shape index (κ2) is 5.31. The van der Waals surface area contributed by atoms with Crippen molar-refractivity contribution in [1.82, 2.24) is 15.3 Å². The topological polar surface area (TPSA) is 92.9 Å². The second-order valence-electron chi connectivity index (χ2n) is 3.93. The lowest BCUT2D eigenvalue weighted by atomic mass is 10.4. The summed E-state index contributed by atoms with van der Waals surface area (Å²) in [5.41, 5.74) is 4.96. The van der Waals surface area contributed by atoms with Gasteiger partial charge in [-0.05, 0) is 28.8 Å². The second-order valence-corrected chi connectivity index (χ2v) is 4.74. The molecule has 1 aromatic rings. The van der Waals surface area contributed by atoms with Gasteiger partial charge in [0.25, 0.3) is 0 Å². The normalized spacial score (nSPS) is 14.4. The number of urea groups is 1. The number of carbonyl (C=O) groups excluding carboxylic acids is 1. The van der Waals surface area contributed by atoms with Gasteiger partial charge in [-0.15, -0.1) is 0 Å². The van der Waals surface area contributed by atoms with Crippen LogP contribution in [-0.2, 0) is 0 Å². The number of nitrogens with two attached hydrogens (primary N) is 1. The smallest absolute Gasteiger partial charge is 0.312 e. The van der Waals surface area contributed by atoms with Crippen LogP contribution in [0, 0.1) is 0 Å². The highest BCUT2D eigenvalue weighted by Gasteiger charge is 2.27. The molecule has 0 unspecified atom stereocenters. The van der Waals surface area contributed by atoms with Crippen molar-refractivity contribution < 1.29 is 4.79 Å². The number of carbonyl (C=O) groups is 1. The van der Waals surface area contributed by atoms with Crippen LogP contribution in [0.25, 0.3) is 0 Å². The zero-order valence-corrected chi connectivity index (χ0v) is 10.8. The number of hydrogen-bond donors (Lipinski definition) is 3. The minimum atomic E-state index is -0.519. The third kappa shape index (κ3) is 3.85. The third-order valence-corrected chi connectivity index (χ3v) is 2.79. The molecule has 4 N–H and O–H groups in total. The first-order chi connectivity index (χ1) is 8.15. The van der Waals surface area contributed by atoms with E-state index in [4.69, 9.17) is 5.73 Å². The zero-order valence-electron chi connectivity index (χ0n) is 9.24. The van der Waals surface area contributed by atoms with Crippen molar-refractivity contribution in [2.45, 2.75) is 18.8 Å². The van der Waals surface area contributed by atoms with Gasteiger partial charge in [-0.1, -0.05) is 0 Å². The van der Waals surface area contributed by atoms with Crippen molar-refractivity contribution in [3.8, 4) is 0 Å². The highest BCUT2D eigenvalue weighted by atomic mass is 79.9. The van der Waals surface area contributed by atoms with Crippen molar-refractivity contribution >= 4 is 27.8 Å². The molecule has 1 aliphatic carbocycles. The minimum Gasteiger partial charge on any atom is -0.368 e. The Kier molecular flexibility index (Phi) is 3.78. The molecule has 7 heteroatoms. The van der Waals surface area contributed by atoms with Crippen LogP contribution in [-0.4, -0.2) is 29.1 Å². The molecule has 1 aliphatic rings. The summed E-state index contributed by atoms with van der Waals surface area (Å²) in [6.07, 6.45) is 2.33. The number of aromatic nitrogens is 2. The van der Waals surface area contributed by atoms with Gasteiger partial charge in [0.1, 0.15) is 16.2 Å². The van der Waals surface area contributed by atoms with E-state index in [1.807, 2.05) is 6.07 Å². The summed E-state index contributed by atoms with van der Waals surface area (Å²) in [7, 11) is 0. The van der Waals surface area contributed by atoms with Crippen LogP contribution in [0.2, 0.25) is 0 Å². The van der Waals surface area contributed by atoms with Gasteiger partial charge in [-0.25, -0.2) is 14.8 Å². The predicted octanol–water partition coefficient (Wildman–Crippen LogP) is 1.20. The van der Waals surface area contributed by atoms with E-state index >= 15 is 0 Å². The van der Waals surface area contributed by atoms with Crippen molar-refractivity contribution in [1.29, 1.82) is 0 Å². The van der Waals surface area contributed by atoms with Crippen LogP contribution in [0.3, 0.4) is 0 Å². The first-order valence-corrected chi connectivity index (χ1v) is 6.26. The maximum Gasteiger partial charge on any atom is 0.312 e. The Morgan fingerprint density at radius 1 is 1.47 bits per heavy atom. The molecule has 0 aromatic carbocycles. The fourth-order valence-electron chi connectivity index (χ4n) is 1.43. The molecule has 0 bridgehead atoms. The number of primary amides is 1. The average Bonchev–Trinajstić information content (AvgIpc) is 3.07. The quantitative estimate of drug-likeness (QED) is 0.562. The van der Waals surface area contributed by atoms with E-state index < -0.39 is 6.03 Å². The monoisotopic (exact) mass is 299 g/mol. The number of nitrogens with zero attached hydrogens (tertiary/aromatic N) is 2. The molecule has 1 heterocycles. The molecule has 0 radical (unpaired) electrons. The zero-order chi connectivity index (χ0) is 12.3. The van der Waals surface area contributed by atoms with Crippen LogP contribution in [0.1, 0.15) is 24.6 Å². The molecule has 0 aliphatic heterocycles. The fourth-order valence-corrected chi connectivity index (χ4v) is 1.82. The van der Waals surface area contributed by atoms with Gasteiger partial charge >= 0.3 is 6.03 Å². The average molecular weight is 300 g/mol. The lowest BCUT2D eigenvalue weighted by Crippen LogP contribution is -2.33. The van der Waals surface area contributed by atoms with Crippen molar-refractivity contribution in [3.63, 3.8) is 0 Å². The third-order valence-electron chi connectivity index (χ3n) is 2.39. The molecule has 6 nitrogen and oxygen atoms in total. The van der Waals surface area contributed by atoms with E-state index in [1.54, 1.807) is 0 Å². The highest BCUT2D eigenvalue weighted by molar-refractivity contribution is 9.10. The lowest BCUT2D eigenvalue weighted by molar-refractivity contribution is 0.249. The summed E-state index contributed by atoms with van der Waals surface area (Å²) < 4.78 is 0.778. The van der Waals surface area contributed by atoms with Gasteiger partial charge in [-0.3, -0.25) is 0 Å². The van der Waals surface area contributed by atoms with E-state index in [0.717, 1.165) is 16.2 Å². The van der Waals surface area contributed by atoms with E-state index in [9.17, 15) is 4.79 Å². The van der Waals surface area contributed by atoms with Crippen LogP contribution >= 0.6 is 15.9 Å². The first-order valence-electron chi connectivity index (χ1n) is 5.47. The summed E-state index contributed by atoms with van der Waals surface area (Å²) in [5.74, 6) is 2.15. The molecular formula is C10H14BrN5O. The number of rotatable bonds is 5. The van der Waals surface area contributed by atoms with E-state index in [1.165, 1.54) is 12.8 Å². The Hall–Kier alpha value is -1.37. The van der Waals surface area contributed by atoms with Crippen molar-refractivity contribution in [2.75, 3.05) is 18.4 Å². The van der Waals surface area contributed by atoms with Gasteiger partial charge in [0.2, 0.25) is 0 Å². The fraction of sp³-hybridized carbons (Fsp3) is 0.500. The standard InChI is InChI=1S/C10H14BrN5O/c11-7-5-8(13-3-4-14-10(12)17)16-9(15-7)6-1-2-6/h5-6H,1-4H2,(H3,12,14,17)(H,13,15,16). The summed E-state index contributed by atoms with van der Waals surface area (Å²) >= 11 is 3.36. The molecule has 1 fully saturated rings. The Morgan fingerprint density at radius 3 is 2.88 bits per heavy atom. The molecular weight excluding hydrogens is 286 g/mol. The molecule has 0 atom stereocenters. The van der Waals surface area contributed by atoms with Gasteiger partial charge in [0, 0.05) is 25.1 Å². The van der Waals surface area contributed by atoms with Crippen molar-refractivity contribution in [3.05, 3.63) is 16.5 Å². The van der Waals surface area contributed by atoms with Gasteiger partial charge in [0.05, 0.1) is 0 Å². The van der Waals surface area contributed by atoms with Crippen LogP contribution in [0.5, 0.6) is 0 Å². The van der Waals surface area contributed by atoms with Crippen molar-refractivity contribution in [2.24, 2.45) is 5.73 Å². The summed E-state index contributed by atoms with van der Waals surface area (Å²) in [4.78, 5) is 19.2. The minimum absolute atomic E-state index is 0.468. The number of halogens is 1. The number of anilines is 1. The highest BCUT2D eigenvalue weighted by Crippen LogP contribution is 2.38. The van der Waals surface area contributed by atoms with Crippen LogP contribution < -0.4 is 16.4 Å². The number of nitrogens with one attached hydrogen (secondary N) is 2. The largest absolute Gasteiger partial charge is 0.368 e. The van der Waals surface area contributed by atoms with Gasteiger partial charge in [0.15, 0.2) is 0 Å². The molecule has 1 aromatic heterocycles. The van der Waals surface area contributed by atoms with Gasteiger partial charge < -0.3 is 16.4 Å². The summed E-state index contributed by atoms with van der Waals surface area (Å²) in [6.45, 7) is 1.05. The number of amides is 2. The Labute approximate surface area is 108 Å². The summed E-state index contributed by atoms with van der Waals surface area (Å²) in [5, 5.41) is 5.61. The molecule has 92 valence electrons. The summed E-state index contributed by atoms with van der Waals surface area (Å²) in [6, 6.07) is 1.30. The Morgan fingerprint density at radius 2 is 2.24 bits per heavy atom. The molecule has 17 heavy (non-hydrogen) atoms. The predicted molar refractivity (Wildman–Crippen MR) is 67.8 cm³/mol. The molecule has 2 rings (SSSR count). The molecule has 0 saturated heterocycles. The maximum atomic E-state index is 10.5. The van der Waals surface area contributed by atoms with Gasteiger partial charge in [-0.2, -0.15) is 0 Å². The Bertz CT molecular complexity index is 421. The van der Waals surface area contributed by atoms with Crippen LogP contribution in [0.15, 0.2) is 10.7 Å². The molecule has 0 spiro atoms. The van der Waals surface area contributed by atoms with E-state index in [-0.39, 0.29) is 0 Å². The maximum absolute atomic E-state index is 10.5. The SMILES string of the molecule is NC(=O)NCCNc1cc(Br)nc(C2CC2)n1.